The molecule has 0 aromatic heterocycles. The molecule has 4 aromatic carbocycles. The monoisotopic (exact) mass is 546 g/mol. The van der Waals surface area contributed by atoms with Crippen LogP contribution in [0.5, 0.6) is 0 Å². The summed E-state index contributed by atoms with van der Waals surface area (Å²) in [6, 6.07) is 18.3. The zero-order valence-corrected chi connectivity index (χ0v) is 26.3. The Morgan fingerprint density at radius 3 is 1.32 bits per heavy atom. The van der Waals surface area contributed by atoms with Gasteiger partial charge in [0.1, 0.15) is 0 Å². The van der Waals surface area contributed by atoms with Crippen LogP contribution in [0.25, 0.3) is 21.5 Å². The molecule has 4 rings (SSSR count). The summed E-state index contributed by atoms with van der Waals surface area (Å²) in [5.41, 5.74) is 8.56. The molecule has 34 heavy (non-hydrogen) atoms. The molecule has 0 aliphatic carbocycles. The molecule has 0 N–H and O–H groups in total. The maximum atomic E-state index is 4.89. The van der Waals surface area contributed by atoms with Gasteiger partial charge in [-0.1, -0.05) is 90.7 Å². The zero-order chi connectivity index (χ0) is 25.7. The number of benzene rings is 2. The molecule has 0 amide bonds. The van der Waals surface area contributed by atoms with Gasteiger partial charge in [0.05, 0.1) is 0 Å². The number of halogens is 2. The van der Waals surface area contributed by atoms with Crippen LogP contribution in [0.3, 0.4) is 0 Å². The van der Waals surface area contributed by atoms with Crippen molar-refractivity contribution in [1.82, 2.24) is 0 Å². The van der Waals surface area contributed by atoms with Gasteiger partial charge in [-0.15, -0.1) is 68.1 Å². The van der Waals surface area contributed by atoms with Gasteiger partial charge in [-0.3, -0.25) is 0 Å². The Kier molecular flexibility index (Phi) is 15.4. The van der Waals surface area contributed by atoms with Gasteiger partial charge in [-0.05, 0) is 12.8 Å². The minimum absolute atomic E-state index is 0.556. The molecule has 0 aliphatic rings. The first-order valence-electron chi connectivity index (χ1n) is 12.1. The summed E-state index contributed by atoms with van der Waals surface area (Å²) in [5.74, 6) is 0. The van der Waals surface area contributed by atoms with Crippen LogP contribution in [0.15, 0.2) is 48.5 Å². The summed E-state index contributed by atoms with van der Waals surface area (Å²) in [4.78, 5) is 0. The van der Waals surface area contributed by atoms with E-state index in [4.69, 9.17) is 18.6 Å². The average molecular weight is 548 g/mol. The number of rotatable bonds is 4. The number of hydrogen-bond donors (Lipinski definition) is 0. The maximum absolute atomic E-state index is 4.89. The molecule has 0 saturated carbocycles. The molecule has 0 fully saturated rings. The molecular weight excluding hydrogens is 507 g/mol. The summed E-state index contributed by atoms with van der Waals surface area (Å²) in [7, 11) is 10.9. The van der Waals surface area contributed by atoms with Crippen LogP contribution < -0.4 is 0 Å². The number of hydrogen-bond acceptors (Lipinski definition) is 0. The molecule has 0 spiro atoms. The molecule has 0 heterocycles. The van der Waals surface area contributed by atoms with Crippen LogP contribution in [0, 0.1) is 27.7 Å². The number of aryl methyl sites for hydroxylation is 6. The molecule has 2 radical (unpaired) electrons. The third-order valence-corrected chi connectivity index (χ3v) is 5.72. The van der Waals surface area contributed by atoms with E-state index in [0.29, 0.717) is 0 Å². The standard InChI is InChI=1S/2C14H17.C2H6Si.2ClH.Ti/c2*1-4-5-12-7-6-11(3)13-8-10(2)9-14(12)13;1-3-2;;;/h2*6-9H,4-5H2,1-3H3;1-2H3;2*1H;/q2*-1;;;;+2/p-2. The molecule has 0 atom stereocenters. The van der Waals surface area contributed by atoms with E-state index in [0.717, 1.165) is 9.52 Å². The predicted molar refractivity (Wildman–Crippen MR) is 155 cm³/mol. The van der Waals surface area contributed by atoms with Crippen molar-refractivity contribution in [2.24, 2.45) is 0 Å². The summed E-state index contributed by atoms with van der Waals surface area (Å²) in [6.07, 6.45) is 4.84. The van der Waals surface area contributed by atoms with Gasteiger partial charge in [0.25, 0.3) is 0 Å². The third-order valence-electron chi connectivity index (χ3n) is 5.72. The normalized spacial score (nSPS) is 10.1. The predicted octanol–water partition coefficient (Wildman–Crippen LogP) is 10.4. The van der Waals surface area contributed by atoms with Gasteiger partial charge in [-0.25, -0.2) is 0 Å². The van der Waals surface area contributed by atoms with Gasteiger partial charge in [0.15, 0.2) is 0 Å². The van der Waals surface area contributed by atoms with Crippen molar-refractivity contribution in [2.75, 3.05) is 0 Å². The van der Waals surface area contributed by atoms with Crippen molar-refractivity contribution in [3.63, 3.8) is 0 Å². The van der Waals surface area contributed by atoms with E-state index in [2.05, 4.69) is 103 Å². The molecule has 4 heteroatoms. The second kappa shape index (κ2) is 16.8. The topological polar surface area (TPSA) is 0 Å². The van der Waals surface area contributed by atoms with Crippen molar-refractivity contribution in [3.05, 3.63) is 81.9 Å². The van der Waals surface area contributed by atoms with Crippen molar-refractivity contribution in [2.45, 2.75) is 80.3 Å². The molecule has 4 aromatic rings. The average Bonchev–Trinajstić information content (AvgIpc) is 3.38. The molecule has 0 saturated heterocycles. The fourth-order valence-electron chi connectivity index (χ4n) is 4.27. The zero-order valence-electron chi connectivity index (χ0n) is 22.2. The van der Waals surface area contributed by atoms with Crippen molar-refractivity contribution in [3.8, 4) is 0 Å². The van der Waals surface area contributed by atoms with Crippen LogP contribution in [-0.2, 0) is 29.9 Å². The molecule has 0 aliphatic heterocycles. The Labute approximate surface area is 227 Å². The fourth-order valence-corrected chi connectivity index (χ4v) is 4.27. The first kappa shape index (κ1) is 31.2. The van der Waals surface area contributed by atoms with Crippen LogP contribution >= 0.6 is 18.6 Å². The molecule has 184 valence electrons. The SMILES string of the molecule is CCCc1ccc(C)c2[cH-]c(C)cc12.CCCc1ccc(C)c2[cH-]c(C)cc12.C[Si]C.[Cl][Ti][Cl]. The molecule has 0 bridgehead atoms. The second-order valence-electron chi connectivity index (χ2n) is 8.87. The van der Waals surface area contributed by atoms with Gasteiger partial charge < -0.3 is 0 Å². The van der Waals surface area contributed by atoms with Crippen LogP contribution in [0.4, 0.5) is 0 Å². The Bertz CT molecular complexity index is 1030. The second-order valence-corrected chi connectivity index (χ2v) is 12.5. The van der Waals surface area contributed by atoms with Crippen LogP contribution in [0.1, 0.15) is 60.1 Å². The van der Waals surface area contributed by atoms with Gasteiger partial charge in [-0.2, -0.15) is 12.1 Å². The van der Waals surface area contributed by atoms with Gasteiger partial charge >= 0.3 is 35.6 Å². The van der Waals surface area contributed by atoms with E-state index in [1.54, 1.807) is 0 Å². The van der Waals surface area contributed by atoms with Gasteiger partial charge in [0.2, 0.25) is 0 Å². The summed E-state index contributed by atoms with van der Waals surface area (Å²) in [6.45, 7) is 17.5. The van der Waals surface area contributed by atoms with Crippen molar-refractivity contribution < 1.29 is 17.0 Å². The fraction of sp³-hybridized carbons (Fsp3) is 0.400. The van der Waals surface area contributed by atoms with E-state index < -0.39 is 17.0 Å². The van der Waals surface area contributed by atoms with E-state index in [9.17, 15) is 0 Å². The minimum atomic E-state index is -0.556. The first-order valence-corrected chi connectivity index (χ1v) is 18.4. The van der Waals surface area contributed by atoms with E-state index in [1.165, 1.54) is 80.6 Å². The van der Waals surface area contributed by atoms with Gasteiger partial charge in [0, 0.05) is 9.52 Å². The molecular formula is C30H40Cl2SiTi-2. The summed E-state index contributed by atoms with van der Waals surface area (Å²) < 4.78 is 0. The van der Waals surface area contributed by atoms with Crippen LogP contribution in [0.2, 0.25) is 13.1 Å². The molecule has 0 nitrogen and oxygen atoms in total. The Morgan fingerprint density at radius 2 is 1.03 bits per heavy atom. The summed E-state index contributed by atoms with van der Waals surface area (Å²) in [5, 5.41) is 5.80. The Balaban J connectivity index is 0.000000277. The first-order chi connectivity index (χ1) is 16.3. The Hall–Kier alpha value is -0.829. The van der Waals surface area contributed by atoms with Crippen molar-refractivity contribution >= 4 is 49.7 Å². The Morgan fingerprint density at radius 1 is 0.706 bits per heavy atom. The number of fused-ring (bicyclic) bond motifs is 2. The van der Waals surface area contributed by atoms with Crippen LogP contribution in [-0.4, -0.2) is 9.52 Å². The third kappa shape index (κ3) is 9.32. The van der Waals surface area contributed by atoms with E-state index >= 15 is 0 Å². The quantitative estimate of drug-likeness (QED) is 0.176. The van der Waals surface area contributed by atoms with E-state index in [-0.39, 0.29) is 0 Å². The van der Waals surface area contributed by atoms with E-state index in [1.807, 2.05) is 0 Å². The molecule has 0 unspecified atom stereocenters. The summed E-state index contributed by atoms with van der Waals surface area (Å²) >= 11 is -0.556. The van der Waals surface area contributed by atoms with Crippen molar-refractivity contribution in [1.29, 1.82) is 0 Å².